The summed E-state index contributed by atoms with van der Waals surface area (Å²) in [5.41, 5.74) is 2.76. The van der Waals surface area contributed by atoms with Crippen LogP contribution in [0.15, 0.2) is 103 Å². The van der Waals surface area contributed by atoms with Crippen molar-refractivity contribution in [3.8, 4) is 24.3 Å². The smallest absolute Gasteiger partial charge is 0.196 e. The van der Waals surface area contributed by atoms with Crippen LogP contribution in [0.4, 0.5) is 0 Å². The molecule has 196 valence electrons. The second-order valence-corrected chi connectivity index (χ2v) is 10.9. The van der Waals surface area contributed by atoms with Crippen LogP contribution in [0.3, 0.4) is 0 Å². The quantitative estimate of drug-likeness (QED) is 0.270. The van der Waals surface area contributed by atoms with Gasteiger partial charge in [-0.1, -0.05) is 119 Å². The number of benzene rings is 4. The predicted octanol–water partition coefficient (Wildman–Crippen LogP) is 7.79. The minimum Gasteiger partial charge on any atom is -0.196 e. The molecule has 0 amide bonds. The number of nitrogens with zero attached hydrogens (tertiary/aromatic N) is 4. The molecule has 0 spiro atoms. The highest BCUT2D eigenvalue weighted by Crippen LogP contribution is 2.75. The van der Waals surface area contributed by atoms with Gasteiger partial charge in [0, 0.05) is 0 Å². The van der Waals surface area contributed by atoms with E-state index >= 15 is 0 Å². The van der Waals surface area contributed by atoms with Gasteiger partial charge in [0.15, 0.2) is 10.8 Å². The zero-order valence-corrected chi connectivity index (χ0v) is 23.5. The van der Waals surface area contributed by atoms with Crippen molar-refractivity contribution in [3.63, 3.8) is 0 Å². The maximum absolute atomic E-state index is 10.9. The molecular weight excluding hydrogens is 500 g/mol. The third-order valence-electron chi connectivity index (χ3n) is 8.45. The fourth-order valence-corrected chi connectivity index (χ4v) is 6.31. The molecule has 4 heteroatoms. The molecule has 0 bridgehead atoms. The normalized spacial score (nSPS) is 15.8. The van der Waals surface area contributed by atoms with E-state index in [0.29, 0.717) is 22.3 Å². The molecule has 1 saturated carbocycles. The fraction of sp³-hybridized carbons (Fsp3) is 0.189. The summed E-state index contributed by atoms with van der Waals surface area (Å²) in [5.74, 6) is 0. The Balaban J connectivity index is 2.10. The van der Waals surface area contributed by atoms with Gasteiger partial charge in [-0.15, -0.1) is 0 Å². The highest BCUT2D eigenvalue weighted by atomic mass is 14.8. The average Bonchev–Trinajstić information content (AvgIpc) is 2.99. The van der Waals surface area contributed by atoms with Gasteiger partial charge < -0.3 is 0 Å². The van der Waals surface area contributed by atoms with E-state index in [2.05, 4.69) is 24.3 Å². The number of aryl methyl sites for hydroxylation is 4. The molecular formula is C37H28N4. The summed E-state index contributed by atoms with van der Waals surface area (Å²) in [6, 6.07) is 40.2. The molecule has 5 rings (SSSR count). The lowest BCUT2D eigenvalue weighted by Crippen LogP contribution is -2.69. The van der Waals surface area contributed by atoms with Gasteiger partial charge in [-0.25, -0.2) is 0 Å². The summed E-state index contributed by atoms with van der Waals surface area (Å²) >= 11 is 0. The van der Waals surface area contributed by atoms with E-state index in [1.165, 1.54) is 0 Å². The van der Waals surface area contributed by atoms with Crippen molar-refractivity contribution in [3.05, 3.63) is 147 Å². The Bertz CT molecular complexity index is 1710. The first kappa shape index (κ1) is 27.2. The Hall–Kier alpha value is -5.42. The van der Waals surface area contributed by atoms with E-state index in [0.717, 1.165) is 33.4 Å². The third kappa shape index (κ3) is 3.63. The summed E-state index contributed by atoms with van der Waals surface area (Å²) < 4.78 is 0. The first-order chi connectivity index (χ1) is 19.7. The molecule has 1 aliphatic rings. The largest absolute Gasteiger partial charge is 0.200 e. The molecule has 0 aliphatic heterocycles. The number of hydrogen-bond acceptors (Lipinski definition) is 4. The van der Waals surface area contributed by atoms with E-state index < -0.39 is 16.2 Å². The number of allylic oxidation sites excluding steroid dienone is 1. The Morgan fingerprint density at radius 3 is 1.07 bits per heavy atom. The molecule has 4 nitrogen and oxygen atoms in total. The van der Waals surface area contributed by atoms with E-state index in [1.54, 1.807) is 0 Å². The van der Waals surface area contributed by atoms with E-state index in [-0.39, 0.29) is 0 Å². The monoisotopic (exact) mass is 528 g/mol. The van der Waals surface area contributed by atoms with Crippen molar-refractivity contribution >= 4 is 5.57 Å². The molecule has 4 aromatic rings. The summed E-state index contributed by atoms with van der Waals surface area (Å²) in [5, 5.41) is 43.5. The molecule has 0 aromatic heterocycles. The highest BCUT2D eigenvalue weighted by Gasteiger charge is 2.82. The van der Waals surface area contributed by atoms with Gasteiger partial charge in [0.05, 0.1) is 29.7 Å². The summed E-state index contributed by atoms with van der Waals surface area (Å²) in [7, 11) is 0. The molecule has 0 heterocycles. The van der Waals surface area contributed by atoms with Gasteiger partial charge >= 0.3 is 0 Å². The first-order valence-electron chi connectivity index (χ1n) is 13.4. The van der Waals surface area contributed by atoms with Crippen LogP contribution in [0.2, 0.25) is 0 Å². The molecule has 1 aliphatic carbocycles. The van der Waals surface area contributed by atoms with Crippen LogP contribution in [0, 0.1) is 83.8 Å². The SMILES string of the molecule is Cc1ccc(C(=C2C(C#N)(C#N)C(C#N)(C#N)C2(c2ccc(C)cc2)c2ccc(C)cc2)c2ccc(C)cc2)cc1. The molecule has 41 heavy (non-hydrogen) atoms. The van der Waals surface area contributed by atoms with Crippen LogP contribution >= 0.6 is 0 Å². The van der Waals surface area contributed by atoms with Crippen LogP contribution in [0.1, 0.15) is 44.5 Å². The van der Waals surface area contributed by atoms with Crippen molar-refractivity contribution < 1.29 is 0 Å². The maximum Gasteiger partial charge on any atom is 0.200 e. The lowest BCUT2D eigenvalue weighted by Gasteiger charge is -2.62. The number of hydrogen-bond donors (Lipinski definition) is 0. The Labute approximate surface area is 241 Å². The zero-order chi connectivity index (χ0) is 29.4. The molecule has 0 atom stereocenters. The minimum atomic E-state index is -2.04. The van der Waals surface area contributed by atoms with Gasteiger partial charge in [-0.05, 0) is 61.1 Å². The van der Waals surface area contributed by atoms with Gasteiger partial charge in [0.2, 0.25) is 0 Å². The predicted molar refractivity (Wildman–Crippen MR) is 159 cm³/mol. The van der Waals surface area contributed by atoms with Crippen molar-refractivity contribution in [2.75, 3.05) is 0 Å². The molecule has 0 N–H and O–H groups in total. The minimum absolute atomic E-state index is 0.443. The molecule has 1 fully saturated rings. The van der Waals surface area contributed by atoms with Gasteiger partial charge in [0.25, 0.3) is 0 Å². The lowest BCUT2D eigenvalue weighted by molar-refractivity contribution is 0.125. The van der Waals surface area contributed by atoms with Gasteiger partial charge in [0.1, 0.15) is 0 Å². The van der Waals surface area contributed by atoms with E-state index in [4.69, 9.17) is 0 Å². The summed E-state index contributed by atoms with van der Waals surface area (Å²) in [6.45, 7) is 7.95. The van der Waals surface area contributed by atoms with Crippen LogP contribution in [0.25, 0.3) is 5.57 Å². The maximum atomic E-state index is 10.9. The second kappa shape index (κ2) is 9.96. The highest BCUT2D eigenvalue weighted by molar-refractivity contribution is 5.92. The van der Waals surface area contributed by atoms with E-state index in [1.807, 2.05) is 125 Å². The van der Waals surface area contributed by atoms with Crippen LogP contribution in [0.5, 0.6) is 0 Å². The third-order valence-corrected chi connectivity index (χ3v) is 8.45. The van der Waals surface area contributed by atoms with Gasteiger partial charge in [-0.3, -0.25) is 0 Å². The molecule has 0 radical (unpaired) electrons. The first-order valence-corrected chi connectivity index (χ1v) is 13.4. The van der Waals surface area contributed by atoms with Crippen molar-refractivity contribution in [2.45, 2.75) is 33.1 Å². The number of rotatable bonds is 4. The van der Waals surface area contributed by atoms with Crippen LogP contribution in [-0.4, -0.2) is 0 Å². The summed E-state index contributed by atoms with van der Waals surface area (Å²) in [4.78, 5) is 0. The van der Waals surface area contributed by atoms with Gasteiger partial charge in [-0.2, -0.15) is 21.0 Å². The van der Waals surface area contributed by atoms with E-state index in [9.17, 15) is 21.0 Å². The average molecular weight is 529 g/mol. The number of nitriles is 4. The van der Waals surface area contributed by atoms with Crippen molar-refractivity contribution in [2.24, 2.45) is 10.8 Å². The standard InChI is InChI=1S/C37H28N4/c1-25-5-13-29(14-6-25)33(30-15-7-26(2)8-16-30)34-35(21-38,22-39)36(23-40,24-41)37(34,31-17-9-27(3)10-18-31)32-19-11-28(4)12-20-32/h5-20H,1-4H3. The van der Waals surface area contributed by atoms with Crippen LogP contribution in [-0.2, 0) is 5.41 Å². The Morgan fingerprint density at radius 1 is 0.463 bits per heavy atom. The molecule has 4 aromatic carbocycles. The van der Waals surface area contributed by atoms with Crippen molar-refractivity contribution in [1.29, 1.82) is 21.0 Å². The van der Waals surface area contributed by atoms with Crippen molar-refractivity contribution in [1.82, 2.24) is 0 Å². The van der Waals surface area contributed by atoms with Crippen LogP contribution < -0.4 is 0 Å². The summed E-state index contributed by atoms with van der Waals surface area (Å²) in [6.07, 6.45) is 0. The second-order valence-electron chi connectivity index (χ2n) is 10.9. The zero-order valence-electron chi connectivity index (χ0n) is 23.5. The fourth-order valence-electron chi connectivity index (χ4n) is 6.31. The molecule has 0 unspecified atom stereocenters. The molecule has 0 saturated heterocycles. The Morgan fingerprint density at radius 2 is 0.780 bits per heavy atom. The topological polar surface area (TPSA) is 95.2 Å². The lowest BCUT2D eigenvalue weighted by atomic mass is 9.31. The Kier molecular flexibility index (Phi) is 6.60.